The molecule has 0 bridgehead atoms. The number of rotatable bonds is 3. The summed E-state index contributed by atoms with van der Waals surface area (Å²) in [4.78, 5) is 5.94. The maximum Gasteiger partial charge on any atom is 0.107 e. The molecule has 1 heterocycles. The average Bonchev–Trinajstić information content (AvgIpc) is 2.77. The van der Waals surface area contributed by atoms with E-state index in [2.05, 4.69) is 24.9 Å². The Morgan fingerprint density at radius 1 is 1.39 bits per heavy atom. The number of thiazole rings is 1. The first-order chi connectivity index (χ1) is 8.54. The Hall–Kier alpha value is -0.900. The van der Waals surface area contributed by atoms with E-state index < -0.39 is 0 Å². The third-order valence-electron chi connectivity index (χ3n) is 2.92. The molecular formula is C14H17ClN2S. The highest BCUT2D eigenvalue weighted by Crippen LogP contribution is 2.36. The molecule has 0 unspecified atom stereocenters. The van der Waals surface area contributed by atoms with Crippen molar-refractivity contribution in [3.05, 3.63) is 38.7 Å². The summed E-state index contributed by atoms with van der Waals surface area (Å²) in [5, 5.41) is 1.76. The van der Waals surface area contributed by atoms with Crippen LogP contribution < -0.4 is 5.73 Å². The molecule has 0 aliphatic rings. The van der Waals surface area contributed by atoms with Gasteiger partial charge in [0.15, 0.2) is 0 Å². The highest BCUT2D eigenvalue weighted by atomic mass is 35.5. The van der Waals surface area contributed by atoms with Crippen LogP contribution in [0.5, 0.6) is 0 Å². The summed E-state index contributed by atoms with van der Waals surface area (Å²) in [5.74, 6) is 0.441. The molecule has 18 heavy (non-hydrogen) atoms. The zero-order chi connectivity index (χ0) is 13.3. The number of nitrogens with zero attached hydrogens (tertiary/aromatic N) is 1. The predicted molar refractivity (Wildman–Crippen MR) is 79.3 cm³/mol. The molecule has 0 spiro atoms. The van der Waals surface area contributed by atoms with Gasteiger partial charge >= 0.3 is 0 Å². The first-order valence-corrected chi connectivity index (χ1v) is 7.19. The fourth-order valence-corrected chi connectivity index (χ4v) is 3.05. The smallest absolute Gasteiger partial charge is 0.107 e. The number of hydrogen-bond acceptors (Lipinski definition) is 3. The second kappa shape index (κ2) is 5.39. The van der Waals surface area contributed by atoms with E-state index in [-0.39, 0.29) is 0 Å². The van der Waals surface area contributed by atoms with Gasteiger partial charge in [-0.25, -0.2) is 4.98 Å². The van der Waals surface area contributed by atoms with Crippen molar-refractivity contribution in [3.63, 3.8) is 0 Å². The molecule has 2 N–H and O–H groups in total. The van der Waals surface area contributed by atoms with Gasteiger partial charge in [-0.2, -0.15) is 0 Å². The minimum Gasteiger partial charge on any atom is -0.325 e. The summed E-state index contributed by atoms with van der Waals surface area (Å²) < 4.78 is 0. The molecule has 0 saturated carbocycles. The van der Waals surface area contributed by atoms with Crippen molar-refractivity contribution < 1.29 is 0 Å². The van der Waals surface area contributed by atoms with Gasteiger partial charge in [0.25, 0.3) is 0 Å². The summed E-state index contributed by atoms with van der Waals surface area (Å²) in [5.41, 5.74) is 8.93. The van der Waals surface area contributed by atoms with E-state index in [1.54, 1.807) is 11.3 Å². The molecule has 96 valence electrons. The van der Waals surface area contributed by atoms with Gasteiger partial charge < -0.3 is 5.73 Å². The van der Waals surface area contributed by atoms with E-state index in [0.717, 1.165) is 26.9 Å². The zero-order valence-electron chi connectivity index (χ0n) is 10.8. The van der Waals surface area contributed by atoms with E-state index in [1.807, 2.05) is 19.1 Å². The van der Waals surface area contributed by atoms with Crippen molar-refractivity contribution in [3.8, 4) is 11.3 Å². The number of nitrogens with two attached hydrogens (primary N) is 1. The number of hydrogen-bond donors (Lipinski definition) is 1. The molecule has 0 saturated heterocycles. The minimum atomic E-state index is 0.441. The van der Waals surface area contributed by atoms with Crippen LogP contribution in [0.3, 0.4) is 0 Å². The van der Waals surface area contributed by atoms with Crippen LogP contribution in [0.15, 0.2) is 18.2 Å². The van der Waals surface area contributed by atoms with E-state index in [0.29, 0.717) is 12.5 Å². The molecule has 0 radical (unpaired) electrons. The topological polar surface area (TPSA) is 38.9 Å². The van der Waals surface area contributed by atoms with E-state index >= 15 is 0 Å². The number of halogens is 1. The Labute approximate surface area is 117 Å². The second-order valence-corrected chi connectivity index (χ2v) is 6.11. The quantitative estimate of drug-likeness (QED) is 0.907. The number of benzene rings is 1. The fraction of sp³-hybridized carbons (Fsp3) is 0.357. The van der Waals surface area contributed by atoms with E-state index in [4.69, 9.17) is 17.3 Å². The Balaban J connectivity index is 2.62. The lowest BCUT2D eigenvalue weighted by Crippen LogP contribution is -1.95. The van der Waals surface area contributed by atoms with Crippen molar-refractivity contribution in [1.29, 1.82) is 0 Å². The van der Waals surface area contributed by atoms with E-state index in [9.17, 15) is 0 Å². The van der Waals surface area contributed by atoms with E-state index in [1.165, 1.54) is 4.88 Å². The Kier molecular flexibility index (Phi) is 4.05. The van der Waals surface area contributed by atoms with Crippen molar-refractivity contribution in [2.75, 3.05) is 0 Å². The highest BCUT2D eigenvalue weighted by Gasteiger charge is 2.17. The third kappa shape index (κ3) is 2.44. The van der Waals surface area contributed by atoms with Gasteiger partial charge in [0, 0.05) is 22.0 Å². The lowest BCUT2D eigenvalue weighted by molar-refractivity contribution is 0.887. The molecule has 1 aromatic heterocycles. The van der Waals surface area contributed by atoms with Crippen LogP contribution in [0.1, 0.15) is 35.2 Å². The van der Waals surface area contributed by atoms with Crippen LogP contribution in [-0.4, -0.2) is 4.98 Å². The lowest BCUT2D eigenvalue weighted by Gasteiger charge is -2.09. The van der Waals surface area contributed by atoms with Gasteiger partial charge in [0.2, 0.25) is 0 Å². The Morgan fingerprint density at radius 2 is 2.11 bits per heavy atom. The molecule has 0 aliphatic carbocycles. The molecular weight excluding hydrogens is 264 g/mol. The maximum absolute atomic E-state index is 6.19. The van der Waals surface area contributed by atoms with Crippen molar-refractivity contribution in [1.82, 2.24) is 4.98 Å². The molecule has 2 rings (SSSR count). The van der Waals surface area contributed by atoms with Crippen LogP contribution in [0.25, 0.3) is 11.3 Å². The van der Waals surface area contributed by atoms with Crippen LogP contribution in [0.2, 0.25) is 5.02 Å². The summed E-state index contributed by atoms with van der Waals surface area (Å²) >= 11 is 7.89. The van der Waals surface area contributed by atoms with Crippen LogP contribution >= 0.6 is 22.9 Å². The standard InChI is InChI=1S/C14H17ClN2S/c1-8(2)14-13(17-12(7-16)18-14)10-5-4-6-11(15)9(10)3/h4-6,8H,7,16H2,1-3H3. The van der Waals surface area contributed by atoms with Gasteiger partial charge in [-0.05, 0) is 24.5 Å². The summed E-state index contributed by atoms with van der Waals surface area (Å²) in [6, 6.07) is 5.95. The summed E-state index contributed by atoms with van der Waals surface area (Å²) in [6.07, 6.45) is 0. The van der Waals surface area contributed by atoms with Gasteiger partial charge in [0.05, 0.1) is 5.69 Å². The fourth-order valence-electron chi connectivity index (χ4n) is 1.91. The zero-order valence-corrected chi connectivity index (χ0v) is 12.4. The first kappa shape index (κ1) is 13.5. The molecule has 0 aliphatic heterocycles. The molecule has 0 amide bonds. The molecule has 0 atom stereocenters. The maximum atomic E-state index is 6.19. The van der Waals surface area contributed by atoms with Crippen LogP contribution in [0.4, 0.5) is 0 Å². The molecule has 2 nitrogen and oxygen atoms in total. The van der Waals surface area contributed by atoms with Gasteiger partial charge in [-0.3, -0.25) is 0 Å². The van der Waals surface area contributed by atoms with Crippen LogP contribution in [0, 0.1) is 6.92 Å². The van der Waals surface area contributed by atoms with Crippen molar-refractivity contribution >= 4 is 22.9 Å². The van der Waals surface area contributed by atoms with Crippen molar-refractivity contribution in [2.24, 2.45) is 5.73 Å². The Morgan fingerprint density at radius 3 is 2.72 bits per heavy atom. The number of aromatic nitrogens is 1. The van der Waals surface area contributed by atoms with Crippen LogP contribution in [-0.2, 0) is 6.54 Å². The minimum absolute atomic E-state index is 0.441. The van der Waals surface area contributed by atoms with Gasteiger partial charge in [-0.15, -0.1) is 11.3 Å². The molecule has 4 heteroatoms. The molecule has 1 aromatic carbocycles. The third-order valence-corrected chi connectivity index (χ3v) is 4.71. The summed E-state index contributed by atoms with van der Waals surface area (Å²) in [7, 11) is 0. The van der Waals surface area contributed by atoms with Crippen molar-refractivity contribution in [2.45, 2.75) is 33.2 Å². The monoisotopic (exact) mass is 280 g/mol. The second-order valence-electron chi connectivity index (χ2n) is 4.59. The predicted octanol–water partition coefficient (Wildman–Crippen LogP) is 4.35. The molecule has 0 fully saturated rings. The highest BCUT2D eigenvalue weighted by molar-refractivity contribution is 7.12. The molecule has 2 aromatic rings. The largest absolute Gasteiger partial charge is 0.325 e. The van der Waals surface area contributed by atoms with Gasteiger partial charge in [-0.1, -0.05) is 37.6 Å². The SMILES string of the molecule is Cc1c(Cl)cccc1-c1nc(CN)sc1C(C)C. The normalized spacial score (nSPS) is 11.2. The Bertz CT molecular complexity index is 561. The lowest BCUT2D eigenvalue weighted by atomic mass is 10.0. The first-order valence-electron chi connectivity index (χ1n) is 5.99. The summed E-state index contributed by atoms with van der Waals surface area (Å²) in [6.45, 7) is 6.88. The van der Waals surface area contributed by atoms with Gasteiger partial charge in [0.1, 0.15) is 5.01 Å². The average molecular weight is 281 g/mol.